The Balaban J connectivity index is 3.28. The fourth-order valence-corrected chi connectivity index (χ4v) is 7.77. The van der Waals surface area contributed by atoms with Gasteiger partial charge in [0, 0.05) is 0 Å². The second-order valence-corrected chi connectivity index (χ2v) is 10.3. The van der Waals surface area contributed by atoms with Crippen molar-refractivity contribution in [2.45, 2.75) is 20.8 Å². The second kappa shape index (κ2) is 6.55. The molecule has 0 N–H and O–H groups in total. The molecule has 19 heavy (non-hydrogen) atoms. The van der Waals surface area contributed by atoms with Crippen molar-refractivity contribution in [3.8, 4) is 0 Å². The molecule has 0 aromatic heterocycles. The van der Waals surface area contributed by atoms with Gasteiger partial charge in [0.15, 0.2) is 0 Å². The number of hydrogen-bond acceptors (Lipinski definition) is 6. The first-order valence-corrected chi connectivity index (χ1v) is 10.4. The van der Waals surface area contributed by atoms with Gasteiger partial charge in [-0.2, -0.15) is 0 Å². The van der Waals surface area contributed by atoms with E-state index in [1.54, 1.807) is 30.3 Å². The zero-order chi connectivity index (χ0) is 14.5. The van der Waals surface area contributed by atoms with Crippen LogP contribution in [0.15, 0.2) is 30.3 Å². The van der Waals surface area contributed by atoms with Crippen LogP contribution in [0.2, 0.25) is 0 Å². The molecule has 0 spiro atoms. The molecule has 0 atom stereocenters. The number of hydrogen-bond donors (Lipinski definition) is 0. The third kappa shape index (κ3) is 4.55. The molecule has 0 heterocycles. The summed E-state index contributed by atoms with van der Waals surface area (Å²) in [5.41, 5.74) is 0. The van der Waals surface area contributed by atoms with Crippen LogP contribution in [0.1, 0.15) is 20.8 Å². The van der Waals surface area contributed by atoms with Crippen LogP contribution in [0.25, 0.3) is 0 Å². The Bertz CT molecular complexity index is 443. The molecule has 0 amide bonds. The van der Waals surface area contributed by atoms with Gasteiger partial charge < -0.3 is 0 Å². The second-order valence-electron chi connectivity index (χ2n) is 3.70. The van der Waals surface area contributed by atoms with E-state index in [9.17, 15) is 14.4 Å². The summed E-state index contributed by atoms with van der Waals surface area (Å²) in [5.74, 6) is -1.99. The summed E-state index contributed by atoms with van der Waals surface area (Å²) in [6.07, 6.45) is 0. The molecule has 1 aromatic carbocycles. The summed E-state index contributed by atoms with van der Waals surface area (Å²) in [7, 11) is 0. The zero-order valence-corrected chi connectivity index (χ0v) is 13.7. The molecular weight excluding hydrogens is 359 g/mol. The monoisotopic (exact) mass is 374 g/mol. The van der Waals surface area contributed by atoms with Crippen molar-refractivity contribution in [2.75, 3.05) is 0 Å². The Labute approximate surface area is 116 Å². The van der Waals surface area contributed by atoms with Crippen molar-refractivity contribution < 1.29 is 23.6 Å². The van der Waals surface area contributed by atoms with E-state index in [-0.39, 0.29) is 0 Å². The van der Waals surface area contributed by atoms with Gasteiger partial charge >= 0.3 is 116 Å². The van der Waals surface area contributed by atoms with E-state index < -0.39 is 37.5 Å². The fourth-order valence-electron chi connectivity index (χ4n) is 1.45. The van der Waals surface area contributed by atoms with Crippen LogP contribution in [0.5, 0.6) is 0 Å². The fraction of sp³-hybridized carbons (Fsp3) is 0.250. The summed E-state index contributed by atoms with van der Waals surface area (Å²) in [4.78, 5) is 33.7. The SMILES string of the molecule is CC(=O)[O][Sn]([O]C(C)=O)([O]C(C)=O)[c]1ccccc1. The summed E-state index contributed by atoms with van der Waals surface area (Å²) in [6.45, 7) is 3.50. The van der Waals surface area contributed by atoms with Crippen LogP contribution in [0.3, 0.4) is 0 Å². The van der Waals surface area contributed by atoms with Gasteiger partial charge in [0.25, 0.3) is 0 Å². The standard InChI is InChI=1S/C6H5.3C2H4O2.Sn/c1-2-4-6-5-3-1;3*1-2(3)4;/h1-5H;3*1H3,(H,3,4);/q;;;;+3/p-3. The maximum atomic E-state index is 11.2. The molecule has 0 bridgehead atoms. The van der Waals surface area contributed by atoms with Crippen molar-refractivity contribution in [3.63, 3.8) is 0 Å². The first-order valence-electron chi connectivity index (χ1n) is 5.50. The van der Waals surface area contributed by atoms with Gasteiger partial charge in [-0.1, -0.05) is 0 Å². The molecule has 1 aromatic rings. The van der Waals surface area contributed by atoms with Crippen LogP contribution in [-0.2, 0) is 23.6 Å². The van der Waals surface area contributed by atoms with Crippen molar-refractivity contribution in [2.24, 2.45) is 0 Å². The quantitative estimate of drug-likeness (QED) is 0.717. The van der Waals surface area contributed by atoms with Gasteiger partial charge in [0.05, 0.1) is 0 Å². The Morgan fingerprint density at radius 1 is 0.789 bits per heavy atom. The molecule has 0 aliphatic carbocycles. The molecular formula is C12H14O6Sn. The molecule has 0 unspecified atom stereocenters. The molecule has 0 saturated carbocycles. The van der Waals surface area contributed by atoms with Crippen LogP contribution in [0, 0.1) is 0 Å². The Morgan fingerprint density at radius 2 is 1.16 bits per heavy atom. The van der Waals surface area contributed by atoms with Gasteiger partial charge in [-0.25, -0.2) is 0 Å². The average Bonchev–Trinajstić information content (AvgIpc) is 2.27. The summed E-state index contributed by atoms with van der Waals surface area (Å²) in [5, 5.41) is 0. The normalized spacial score (nSPS) is 10.5. The number of benzene rings is 1. The van der Waals surface area contributed by atoms with Crippen LogP contribution in [-0.4, -0.2) is 37.5 Å². The molecule has 0 radical (unpaired) electrons. The number of carbonyl (C=O) groups excluding carboxylic acids is 3. The van der Waals surface area contributed by atoms with E-state index in [4.69, 9.17) is 9.22 Å². The predicted octanol–water partition coefficient (Wildman–Crippen LogP) is 0.522. The number of rotatable bonds is 4. The first kappa shape index (κ1) is 15.5. The molecule has 102 valence electrons. The Kier molecular flexibility index (Phi) is 5.34. The molecule has 0 fully saturated rings. The van der Waals surface area contributed by atoms with Crippen molar-refractivity contribution in [3.05, 3.63) is 30.3 Å². The van der Waals surface area contributed by atoms with Gasteiger partial charge in [0.2, 0.25) is 0 Å². The van der Waals surface area contributed by atoms with Crippen LogP contribution in [0.4, 0.5) is 0 Å². The summed E-state index contributed by atoms with van der Waals surface area (Å²) in [6, 6.07) is 8.31. The molecule has 0 aliphatic rings. The van der Waals surface area contributed by atoms with Gasteiger partial charge in [-0.05, 0) is 0 Å². The van der Waals surface area contributed by atoms with Gasteiger partial charge in [-0.3, -0.25) is 0 Å². The topological polar surface area (TPSA) is 78.9 Å². The third-order valence-electron chi connectivity index (χ3n) is 1.96. The average molecular weight is 373 g/mol. The number of carbonyl (C=O) groups is 3. The molecule has 6 nitrogen and oxygen atoms in total. The summed E-state index contributed by atoms with van der Waals surface area (Å²) >= 11 is -4.79. The predicted molar refractivity (Wildman–Crippen MR) is 67.1 cm³/mol. The van der Waals surface area contributed by atoms with Crippen LogP contribution < -0.4 is 3.58 Å². The first-order chi connectivity index (χ1) is 8.85. The van der Waals surface area contributed by atoms with Crippen molar-refractivity contribution >= 4 is 41.1 Å². The van der Waals surface area contributed by atoms with E-state index >= 15 is 0 Å². The van der Waals surface area contributed by atoms with Crippen molar-refractivity contribution in [1.82, 2.24) is 0 Å². The third-order valence-corrected chi connectivity index (χ3v) is 9.69. The zero-order valence-electron chi connectivity index (χ0n) is 10.8. The van der Waals surface area contributed by atoms with E-state index in [1.807, 2.05) is 0 Å². The molecule has 1 rings (SSSR count). The van der Waals surface area contributed by atoms with E-state index in [1.165, 1.54) is 20.8 Å². The molecule has 0 saturated heterocycles. The Hall–Kier alpha value is -1.57. The van der Waals surface area contributed by atoms with Crippen molar-refractivity contribution in [1.29, 1.82) is 0 Å². The van der Waals surface area contributed by atoms with Gasteiger partial charge in [0.1, 0.15) is 0 Å². The minimum atomic E-state index is -4.79. The molecule has 0 aliphatic heterocycles. The molecule has 7 heteroatoms. The van der Waals surface area contributed by atoms with E-state index in [0.29, 0.717) is 3.58 Å². The van der Waals surface area contributed by atoms with E-state index in [2.05, 4.69) is 0 Å². The minimum absolute atomic E-state index is 0.428. The summed E-state index contributed by atoms with van der Waals surface area (Å²) < 4.78 is 15.8. The van der Waals surface area contributed by atoms with Crippen LogP contribution >= 0.6 is 0 Å². The maximum absolute atomic E-state index is 11.2. The Morgan fingerprint density at radius 3 is 1.47 bits per heavy atom. The van der Waals surface area contributed by atoms with E-state index in [0.717, 1.165) is 0 Å². The van der Waals surface area contributed by atoms with Gasteiger partial charge in [-0.15, -0.1) is 0 Å².